The van der Waals surface area contributed by atoms with E-state index in [4.69, 9.17) is 0 Å². The van der Waals surface area contributed by atoms with Crippen LogP contribution in [0.4, 0.5) is 0 Å². The molecular weight excluding hydrogens is 458 g/mol. The SMILES string of the molecule is CCCCCCCC/C=C/CCCCCCCCCC[N+](C(C)C(=O)[O-])(C(C)C(=O)O)C(C)C(=O)O. The normalized spacial score (nSPS) is 15.9. The Hall–Kier alpha value is -1.89. The predicted octanol–water partition coefficient (Wildman–Crippen LogP) is 5.71. The summed E-state index contributed by atoms with van der Waals surface area (Å²) >= 11 is 0. The molecule has 0 fully saturated rings. The number of quaternary nitrogens is 1. The van der Waals surface area contributed by atoms with E-state index in [2.05, 4.69) is 19.1 Å². The quantitative estimate of drug-likeness (QED) is 0.0975. The maximum atomic E-state index is 11.8. The van der Waals surface area contributed by atoms with Crippen molar-refractivity contribution in [3.05, 3.63) is 12.2 Å². The van der Waals surface area contributed by atoms with Gasteiger partial charge in [0.15, 0.2) is 12.1 Å². The number of hydrogen-bond donors (Lipinski definition) is 2. The zero-order chi connectivity index (χ0) is 27.4. The highest BCUT2D eigenvalue weighted by Gasteiger charge is 2.50. The second-order valence-electron chi connectivity index (χ2n) is 10.4. The Morgan fingerprint density at radius 3 is 1.36 bits per heavy atom. The third-order valence-electron chi connectivity index (χ3n) is 7.78. The first-order chi connectivity index (χ1) is 17.1. The molecule has 3 unspecified atom stereocenters. The lowest BCUT2D eigenvalue weighted by Gasteiger charge is -2.49. The van der Waals surface area contributed by atoms with Gasteiger partial charge in [-0.2, -0.15) is 0 Å². The van der Waals surface area contributed by atoms with Gasteiger partial charge in [-0.1, -0.05) is 83.3 Å². The highest BCUT2D eigenvalue weighted by atomic mass is 16.4. The molecule has 0 aromatic heterocycles. The van der Waals surface area contributed by atoms with Crippen LogP contribution in [0.3, 0.4) is 0 Å². The molecule has 3 atom stereocenters. The zero-order valence-corrected chi connectivity index (χ0v) is 23.4. The van der Waals surface area contributed by atoms with E-state index in [1.54, 1.807) is 0 Å². The smallest absolute Gasteiger partial charge is 0.362 e. The molecule has 0 aliphatic heterocycles. The van der Waals surface area contributed by atoms with E-state index in [-0.39, 0.29) is 6.54 Å². The van der Waals surface area contributed by atoms with E-state index >= 15 is 0 Å². The Balaban J connectivity index is 4.23. The van der Waals surface area contributed by atoms with Gasteiger partial charge in [0.05, 0.1) is 12.5 Å². The molecule has 2 N–H and O–H groups in total. The number of aliphatic carboxylic acids is 3. The lowest BCUT2D eigenvalue weighted by Crippen LogP contribution is -2.72. The van der Waals surface area contributed by atoms with Crippen LogP contribution in [0.1, 0.15) is 130 Å². The third kappa shape index (κ3) is 12.9. The number of unbranched alkanes of at least 4 members (excludes halogenated alkanes) is 14. The van der Waals surface area contributed by atoms with Gasteiger partial charge >= 0.3 is 11.9 Å². The van der Waals surface area contributed by atoms with Crippen molar-refractivity contribution in [3.63, 3.8) is 0 Å². The number of carbonyl (C=O) groups excluding carboxylic acids is 1. The largest absolute Gasteiger partial charge is 0.544 e. The van der Waals surface area contributed by atoms with Crippen molar-refractivity contribution in [3.8, 4) is 0 Å². The summed E-state index contributed by atoms with van der Waals surface area (Å²) in [7, 11) is 0. The Kier molecular flexibility index (Phi) is 19.1. The minimum Gasteiger partial charge on any atom is -0.544 e. The van der Waals surface area contributed by atoms with E-state index in [0.29, 0.717) is 6.42 Å². The van der Waals surface area contributed by atoms with Crippen molar-refractivity contribution in [1.82, 2.24) is 0 Å². The number of carboxylic acids is 3. The predicted molar refractivity (Wildman–Crippen MR) is 142 cm³/mol. The molecule has 0 aromatic carbocycles. The van der Waals surface area contributed by atoms with Crippen molar-refractivity contribution < 1.29 is 34.2 Å². The Bertz CT molecular complexity index is 597. The summed E-state index contributed by atoms with van der Waals surface area (Å²) < 4.78 is -0.542. The number of nitrogens with zero attached hydrogens (tertiary/aromatic N) is 1. The van der Waals surface area contributed by atoms with Crippen LogP contribution in [-0.4, -0.2) is 57.3 Å². The number of carboxylic acid groups (broad SMARTS) is 3. The van der Waals surface area contributed by atoms with Crippen LogP contribution in [0, 0.1) is 0 Å². The molecule has 210 valence electrons. The number of allylic oxidation sites excluding steroid dienone is 2. The maximum Gasteiger partial charge on any atom is 0.362 e. The van der Waals surface area contributed by atoms with Gasteiger partial charge in [0.2, 0.25) is 0 Å². The molecule has 0 aliphatic rings. The van der Waals surface area contributed by atoms with E-state index in [9.17, 15) is 29.7 Å². The van der Waals surface area contributed by atoms with Crippen LogP contribution in [0.2, 0.25) is 0 Å². The number of hydrogen-bond acceptors (Lipinski definition) is 4. The van der Waals surface area contributed by atoms with Crippen molar-refractivity contribution >= 4 is 17.9 Å². The Labute approximate surface area is 219 Å². The van der Waals surface area contributed by atoms with E-state index in [1.807, 2.05) is 0 Å². The fourth-order valence-electron chi connectivity index (χ4n) is 5.18. The standard InChI is InChI=1S/C29H53NO6/c1-5-6-7-8-9-10-11-12-13-14-15-16-17-18-19-20-21-22-23-30(24(2)27(31)32,25(3)28(33)34)26(4)29(35)36/h12-13,24-26H,5-11,14-23H2,1-4H3,(H2-,31,32,33,34,35,36)/b13-12+. The first-order valence-corrected chi connectivity index (χ1v) is 14.3. The van der Waals surface area contributed by atoms with E-state index < -0.39 is 40.5 Å². The molecule has 0 radical (unpaired) electrons. The van der Waals surface area contributed by atoms with Crippen molar-refractivity contribution in [2.75, 3.05) is 6.54 Å². The molecule has 0 rings (SSSR count). The van der Waals surface area contributed by atoms with Crippen molar-refractivity contribution in [2.45, 2.75) is 149 Å². The molecule has 0 aliphatic carbocycles. The molecule has 0 spiro atoms. The molecule has 0 aromatic rings. The lowest BCUT2D eigenvalue weighted by molar-refractivity contribution is -0.969. The summed E-state index contributed by atoms with van der Waals surface area (Å²) in [5, 5.41) is 30.9. The summed E-state index contributed by atoms with van der Waals surface area (Å²) in [4.78, 5) is 35.2. The minimum atomic E-state index is -1.42. The molecule has 0 heterocycles. The first-order valence-electron chi connectivity index (χ1n) is 14.3. The van der Waals surface area contributed by atoms with Gasteiger partial charge in [-0.05, 0) is 59.3 Å². The van der Waals surface area contributed by atoms with Crippen LogP contribution in [0.15, 0.2) is 12.2 Å². The summed E-state index contributed by atoms with van der Waals surface area (Å²) in [5.41, 5.74) is 0. The fourth-order valence-corrected chi connectivity index (χ4v) is 5.18. The maximum absolute atomic E-state index is 11.8. The summed E-state index contributed by atoms with van der Waals surface area (Å²) in [6.07, 6.45) is 23.3. The van der Waals surface area contributed by atoms with Gasteiger partial charge in [-0.3, -0.25) is 4.48 Å². The molecule has 0 amide bonds. The minimum absolute atomic E-state index is 0.182. The van der Waals surface area contributed by atoms with Gasteiger partial charge in [0, 0.05) is 0 Å². The number of carbonyl (C=O) groups is 3. The van der Waals surface area contributed by atoms with Gasteiger partial charge in [-0.25, -0.2) is 9.59 Å². The molecule has 0 saturated carbocycles. The number of rotatable bonds is 24. The van der Waals surface area contributed by atoms with E-state index in [0.717, 1.165) is 32.1 Å². The van der Waals surface area contributed by atoms with Crippen LogP contribution >= 0.6 is 0 Å². The fraction of sp³-hybridized carbons (Fsp3) is 0.828. The first kappa shape index (κ1) is 34.1. The summed E-state index contributed by atoms with van der Waals surface area (Å²) in [6.45, 7) is 6.57. The average molecular weight is 512 g/mol. The Morgan fingerprint density at radius 1 is 0.639 bits per heavy atom. The summed E-state index contributed by atoms with van der Waals surface area (Å²) in [6, 6.07) is -3.56. The molecule has 0 saturated heterocycles. The third-order valence-corrected chi connectivity index (χ3v) is 7.78. The second-order valence-corrected chi connectivity index (χ2v) is 10.4. The highest BCUT2D eigenvalue weighted by molar-refractivity contribution is 5.76. The van der Waals surface area contributed by atoms with Gasteiger partial charge in [0.25, 0.3) is 0 Å². The van der Waals surface area contributed by atoms with Gasteiger partial charge < -0.3 is 20.1 Å². The van der Waals surface area contributed by atoms with Crippen LogP contribution in [-0.2, 0) is 14.4 Å². The van der Waals surface area contributed by atoms with Crippen molar-refractivity contribution in [1.29, 1.82) is 0 Å². The van der Waals surface area contributed by atoms with E-state index in [1.165, 1.54) is 85.0 Å². The van der Waals surface area contributed by atoms with Crippen LogP contribution < -0.4 is 5.11 Å². The molecule has 36 heavy (non-hydrogen) atoms. The summed E-state index contributed by atoms with van der Waals surface area (Å²) in [5.74, 6) is -3.82. The topological polar surface area (TPSA) is 115 Å². The highest BCUT2D eigenvalue weighted by Crippen LogP contribution is 2.27. The lowest BCUT2D eigenvalue weighted by atomic mass is 10.00. The molecular formula is C29H53NO6. The zero-order valence-electron chi connectivity index (χ0n) is 23.4. The second kappa shape index (κ2) is 20.2. The van der Waals surface area contributed by atoms with Gasteiger partial charge in [0.1, 0.15) is 6.04 Å². The Morgan fingerprint density at radius 2 is 1.00 bits per heavy atom. The molecule has 7 nitrogen and oxygen atoms in total. The van der Waals surface area contributed by atoms with Crippen LogP contribution in [0.5, 0.6) is 0 Å². The van der Waals surface area contributed by atoms with Crippen LogP contribution in [0.25, 0.3) is 0 Å². The average Bonchev–Trinajstić information content (AvgIpc) is 2.84. The van der Waals surface area contributed by atoms with Gasteiger partial charge in [-0.15, -0.1) is 0 Å². The monoisotopic (exact) mass is 511 g/mol. The molecule has 7 heteroatoms. The van der Waals surface area contributed by atoms with Crippen molar-refractivity contribution in [2.24, 2.45) is 0 Å². The molecule has 0 bridgehead atoms.